The molecule has 0 bridgehead atoms. The smallest absolute Gasteiger partial charge is 0.191 e. The number of nitrogens with zero attached hydrogens (tertiary/aromatic N) is 3. The Morgan fingerprint density at radius 1 is 1.08 bits per heavy atom. The first-order valence-corrected chi connectivity index (χ1v) is 9.35. The summed E-state index contributed by atoms with van der Waals surface area (Å²) in [6.45, 7) is 4.47. The highest BCUT2D eigenvalue weighted by molar-refractivity contribution is 7.98. The van der Waals surface area contributed by atoms with Crippen LogP contribution < -0.4 is 4.74 Å². The maximum absolute atomic E-state index is 5.97. The third-order valence-electron chi connectivity index (χ3n) is 4.04. The zero-order valence-corrected chi connectivity index (χ0v) is 16.1. The fourth-order valence-electron chi connectivity index (χ4n) is 2.43. The lowest BCUT2D eigenvalue weighted by molar-refractivity contribution is 0.288. The van der Waals surface area contributed by atoms with Gasteiger partial charge < -0.3 is 9.30 Å². The zero-order chi connectivity index (χ0) is 17.8. The monoisotopic (exact) mass is 373 g/mol. The van der Waals surface area contributed by atoms with E-state index in [2.05, 4.69) is 41.4 Å². The normalized spacial score (nSPS) is 10.9. The molecule has 0 aliphatic rings. The predicted octanol–water partition coefficient (Wildman–Crippen LogP) is 4.96. The zero-order valence-electron chi connectivity index (χ0n) is 14.5. The molecular weight excluding hydrogens is 354 g/mol. The summed E-state index contributed by atoms with van der Waals surface area (Å²) in [4.78, 5) is 0. The van der Waals surface area contributed by atoms with Crippen LogP contribution in [0.4, 0.5) is 0 Å². The van der Waals surface area contributed by atoms with Crippen molar-refractivity contribution in [1.82, 2.24) is 14.8 Å². The van der Waals surface area contributed by atoms with Crippen molar-refractivity contribution in [2.75, 3.05) is 0 Å². The van der Waals surface area contributed by atoms with Crippen LogP contribution in [0.2, 0.25) is 5.02 Å². The van der Waals surface area contributed by atoms with Gasteiger partial charge >= 0.3 is 0 Å². The van der Waals surface area contributed by atoms with E-state index in [4.69, 9.17) is 16.3 Å². The summed E-state index contributed by atoms with van der Waals surface area (Å²) in [5, 5.41) is 10.1. The molecule has 0 atom stereocenters. The number of ether oxygens (including phenoxy) is 1. The summed E-state index contributed by atoms with van der Waals surface area (Å²) < 4.78 is 7.84. The van der Waals surface area contributed by atoms with Crippen molar-refractivity contribution in [2.45, 2.75) is 31.4 Å². The number of thioether (sulfide) groups is 1. The van der Waals surface area contributed by atoms with Crippen LogP contribution in [0, 0.1) is 13.8 Å². The summed E-state index contributed by atoms with van der Waals surface area (Å²) in [5.74, 6) is 2.47. The SMILES string of the molecule is Cc1ccccc1CSc1nnc(COc2ccc(Cl)cc2C)n1C. The van der Waals surface area contributed by atoms with Crippen LogP contribution in [0.5, 0.6) is 5.75 Å². The van der Waals surface area contributed by atoms with Crippen molar-refractivity contribution < 1.29 is 4.74 Å². The molecule has 0 radical (unpaired) electrons. The van der Waals surface area contributed by atoms with Gasteiger partial charge in [0.05, 0.1) is 0 Å². The molecule has 0 aliphatic heterocycles. The molecule has 0 N–H and O–H groups in total. The second kappa shape index (κ2) is 7.93. The van der Waals surface area contributed by atoms with Gasteiger partial charge in [0.15, 0.2) is 11.0 Å². The van der Waals surface area contributed by atoms with Crippen molar-refractivity contribution in [2.24, 2.45) is 7.05 Å². The van der Waals surface area contributed by atoms with Crippen LogP contribution in [0.1, 0.15) is 22.5 Å². The second-order valence-corrected chi connectivity index (χ2v) is 7.25. The average Bonchev–Trinajstić information content (AvgIpc) is 2.94. The Morgan fingerprint density at radius 3 is 2.64 bits per heavy atom. The van der Waals surface area contributed by atoms with Gasteiger partial charge in [-0.15, -0.1) is 10.2 Å². The van der Waals surface area contributed by atoms with Gasteiger partial charge in [0.1, 0.15) is 12.4 Å². The molecule has 0 unspecified atom stereocenters. The van der Waals surface area contributed by atoms with Crippen molar-refractivity contribution in [3.8, 4) is 5.75 Å². The average molecular weight is 374 g/mol. The number of benzene rings is 2. The summed E-state index contributed by atoms with van der Waals surface area (Å²) in [7, 11) is 1.97. The molecular formula is C19H20ClN3OS. The minimum atomic E-state index is 0.372. The van der Waals surface area contributed by atoms with Crippen LogP contribution >= 0.6 is 23.4 Å². The first-order chi connectivity index (χ1) is 12.0. The highest BCUT2D eigenvalue weighted by atomic mass is 35.5. The van der Waals surface area contributed by atoms with Gasteiger partial charge in [0.25, 0.3) is 0 Å². The van der Waals surface area contributed by atoms with Crippen LogP contribution in [0.25, 0.3) is 0 Å². The van der Waals surface area contributed by atoms with E-state index >= 15 is 0 Å². The van der Waals surface area contributed by atoms with Gasteiger partial charge in [-0.1, -0.05) is 47.6 Å². The molecule has 130 valence electrons. The van der Waals surface area contributed by atoms with Crippen molar-refractivity contribution in [3.63, 3.8) is 0 Å². The first kappa shape index (κ1) is 17.8. The largest absolute Gasteiger partial charge is 0.485 e. The van der Waals surface area contributed by atoms with Gasteiger partial charge in [0.2, 0.25) is 0 Å². The number of hydrogen-bond acceptors (Lipinski definition) is 4. The first-order valence-electron chi connectivity index (χ1n) is 7.99. The number of aryl methyl sites for hydroxylation is 2. The van der Waals surface area contributed by atoms with Gasteiger partial charge in [-0.2, -0.15) is 0 Å². The van der Waals surface area contributed by atoms with Gasteiger partial charge in [0, 0.05) is 17.8 Å². The van der Waals surface area contributed by atoms with Gasteiger partial charge in [-0.05, 0) is 48.7 Å². The van der Waals surface area contributed by atoms with Crippen molar-refractivity contribution in [3.05, 3.63) is 70.0 Å². The summed E-state index contributed by atoms with van der Waals surface area (Å²) in [6, 6.07) is 14.0. The van der Waals surface area contributed by atoms with E-state index in [0.717, 1.165) is 28.0 Å². The number of rotatable bonds is 6. The lowest BCUT2D eigenvalue weighted by Gasteiger charge is -2.09. The molecule has 4 nitrogen and oxygen atoms in total. The summed E-state index contributed by atoms with van der Waals surface area (Å²) in [6.07, 6.45) is 0. The maximum Gasteiger partial charge on any atom is 0.191 e. The Morgan fingerprint density at radius 2 is 1.88 bits per heavy atom. The lowest BCUT2D eigenvalue weighted by Crippen LogP contribution is -2.05. The van der Waals surface area contributed by atoms with E-state index < -0.39 is 0 Å². The van der Waals surface area contributed by atoms with E-state index in [1.807, 2.05) is 36.7 Å². The highest BCUT2D eigenvalue weighted by Crippen LogP contribution is 2.25. The standard InChI is InChI=1S/C19H20ClN3OS/c1-13-6-4-5-7-15(13)12-25-19-22-21-18(23(19)3)11-24-17-9-8-16(20)10-14(17)2/h4-10H,11-12H2,1-3H3. The molecule has 6 heteroatoms. The van der Waals surface area contributed by atoms with Gasteiger partial charge in [-0.3, -0.25) is 0 Å². The van der Waals surface area contributed by atoms with E-state index in [0.29, 0.717) is 11.6 Å². The molecule has 0 amide bonds. The molecule has 3 aromatic rings. The summed E-state index contributed by atoms with van der Waals surface area (Å²) >= 11 is 7.65. The number of halogens is 1. The van der Waals surface area contributed by atoms with E-state index in [9.17, 15) is 0 Å². The number of hydrogen-bond donors (Lipinski definition) is 0. The van der Waals surface area contributed by atoms with Crippen LogP contribution in [0.15, 0.2) is 47.6 Å². The molecule has 1 aromatic heterocycles. The number of aromatic nitrogens is 3. The van der Waals surface area contributed by atoms with Crippen molar-refractivity contribution in [1.29, 1.82) is 0 Å². The maximum atomic E-state index is 5.97. The predicted molar refractivity (Wildman–Crippen MR) is 102 cm³/mol. The van der Waals surface area contributed by atoms with E-state index in [1.165, 1.54) is 11.1 Å². The third kappa shape index (κ3) is 4.35. The topological polar surface area (TPSA) is 39.9 Å². The molecule has 1 heterocycles. The molecule has 2 aromatic carbocycles. The quantitative estimate of drug-likeness (QED) is 0.573. The van der Waals surface area contributed by atoms with E-state index in [-0.39, 0.29) is 0 Å². The highest BCUT2D eigenvalue weighted by Gasteiger charge is 2.11. The fraction of sp³-hybridized carbons (Fsp3) is 0.263. The molecule has 25 heavy (non-hydrogen) atoms. The third-order valence-corrected chi connectivity index (χ3v) is 5.34. The molecule has 3 rings (SSSR count). The second-order valence-electron chi connectivity index (χ2n) is 5.87. The Bertz CT molecular complexity index is 879. The summed E-state index contributed by atoms with van der Waals surface area (Å²) in [5.41, 5.74) is 3.60. The lowest BCUT2D eigenvalue weighted by atomic mass is 10.1. The van der Waals surface area contributed by atoms with E-state index in [1.54, 1.807) is 11.8 Å². The van der Waals surface area contributed by atoms with Crippen LogP contribution in [-0.2, 0) is 19.4 Å². The minimum absolute atomic E-state index is 0.372. The van der Waals surface area contributed by atoms with Gasteiger partial charge in [-0.25, -0.2) is 0 Å². The minimum Gasteiger partial charge on any atom is -0.485 e. The molecule has 0 aliphatic carbocycles. The van der Waals surface area contributed by atoms with Crippen LogP contribution in [-0.4, -0.2) is 14.8 Å². The Balaban J connectivity index is 1.64. The Hall–Kier alpha value is -1.98. The Kier molecular flexibility index (Phi) is 5.66. The van der Waals surface area contributed by atoms with Crippen molar-refractivity contribution >= 4 is 23.4 Å². The Labute approximate surface area is 157 Å². The molecule has 0 saturated carbocycles. The fourth-order valence-corrected chi connectivity index (χ4v) is 3.66. The van der Waals surface area contributed by atoms with Crippen LogP contribution in [0.3, 0.4) is 0 Å². The molecule has 0 spiro atoms. The molecule has 0 saturated heterocycles. The molecule has 0 fully saturated rings.